The number of hydrogen-bond donors (Lipinski definition) is 1. The Bertz CT molecular complexity index is 707. The summed E-state index contributed by atoms with van der Waals surface area (Å²) in [5.74, 6) is 0.736. The van der Waals surface area contributed by atoms with E-state index in [0.717, 1.165) is 5.69 Å². The van der Waals surface area contributed by atoms with Crippen molar-refractivity contribution < 1.29 is 27.2 Å². The summed E-state index contributed by atoms with van der Waals surface area (Å²) in [6.45, 7) is 0.179. The second-order valence-electron chi connectivity index (χ2n) is 5.00. The van der Waals surface area contributed by atoms with Crippen LogP contribution in [-0.2, 0) is 10.5 Å². The van der Waals surface area contributed by atoms with Crippen molar-refractivity contribution in [1.29, 1.82) is 0 Å². The van der Waals surface area contributed by atoms with E-state index in [4.69, 9.17) is 4.52 Å². The Kier molecular flexibility index (Phi) is 6.82. The van der Waals surface area contributed by atoms with Gasteiger partial charge in [-0.25, -0.2) is 4.98 Å². The number of ether oxygens (including phenoxy) is 1. The molecule has 0 aliphatic rings. The van der Waals surface area contributed by atoms with Gasteiger partial charge >= 0.3 is 6.18 Å². The smallest absolute Gasteiger partial charge is 0.370 e. The third-order valence-corrected chi connectivity index (χ3v) is 3.89. The van der Waals surface area contributed by atoms with E-state index in [0.29, 0.717) is 22.1 Å². The highest BCUT2D eigenvalue weighted by Crippen LogP contribution is 2.24. The largest absolute Gasteiger partial charge is 0.411 e. The molecule has 0 unspecified atom stereocenters. The van der Waals surface area contributed by atoms with Gasteiger partial charge in [0.1, 0.15) is 17.4 Å². The summed E-state index contributed by atoms with van der Waals surface area (Å²) < 4.78 is 45.3. The number of amides is 1. The number of alkyl halides is 3. The maximum absolute atomic E-state index is 12.2. The second-order valence-corrected chi connectivity index (χ2v) is 5.96. The zero-order chi connectivity index (χ0) is 18.3. The molecule has 10 heteroatoms. The van der Waals surface area contributed by atoms with Gasteiger partial charge in [-0.3, -0.25) is 4.79 Å². The number of rotatable bonds is 8. The van der Waals surface area contributed by atoms with Gasteiger partial charge < -0.3 is 14.6 Å². The predicted octanol–water partition coefficient (Wildman–Crippen LogP) is 2.98. The van der Waals surface area contributed by atoms with Crippen LogP contribution < -0.4 is 5.32 Å². The first-order valence-corrected chi connectivity index (χ1v) is 8.26. The van der Waals surface area contributed by atoms with Crippen molar-refractivity contribution in [3.05, 3.63) is 41.4 Å². The van der Waals surface area contributed by atoms with Crippen LogP contribution in [0, 0.1) is 6.92 Å². The molecule has 2 aromatic rings. The summed E-state index contributed by atoms with van der Waals surface area (Å²) >= 11 is 1.31. The van der Waals surface area contributed by atoms with E-state index in [1.54, 1.807) is 31.3 Å². The molecule has 6 nitrogen and oxygen atoms in total. The molecule has 1 amide bonds. The van der Waals surface area contributed by atoms with Gasteiger partial charge in [0.2, 0.25) is 0 Å². The van der Waals surface area contributed by atoms with E-state index in [9.17, 15) is 18.0 Å². The average Bonchev–Trinajstić information content (AvgIpc) is 2.97. The maximum atomic E-state index is 12.2. The van der Waals surface area contributed by atoms with Crippen molar-refractivity contribution >= 4 is 17.7 Å². The first kappa shape index (κ1) is 19.3. The van der Waals surface area contributed by atoms with Crippen molar-refractivity contribution in [2.45, 2.75) is 23.9 Å². The summed E-state index contributed by atoms with van der Waals surface area (Å²) in [5.41, 5.74) is 1.06. The molecule has 0 aliphatic carbocycles. The van der Waals surface area contributed by atoms with Gasteiger partial charge in [0.05, 0.1) is 17.9 Å². The van der Waals surface area contributed by atoms with E-state index >= 15 is 0 Å². The molecule has 2 aromatic heterocycles. The predicted molar refractivity (Wildman–Crippen MR) is 84.2 cm³/mol. The standard InChI is InChI=1S/C15H16F3N3O3S/c1-10-7-11(21-24-10)8-25-14-12(3-2-4-20-14)13(22)19-5-6-23-9-15(16,17)18/h2-4,7H,5-6,8-9H2,1H3,(H,19,22). The van der Waals surface area contributed by atoms with Crippen molar-refractivity contribution in [3.63, 3.8) is 0 Å². The van der Waals surface area contributed by atoms with Crippen LogP contribution in [0.2, 0.25) is 0 Å². The number of halogens is 3. The molecular formula is C15H16F3N3O3S. The van der Waals surface area contributed by atoms with E-state index in [2.05, 4.69) is 20.2 Å². The molecule has 25 heavy (non-hydrogen) atoms. The highest BCUT2D eigenvalue weighted by molar-refractivity contribution is 7.98. The molecule has 0 aliphatic heterocycles. The third-order valence-electron chi connectivity index (χ3n) is 2.85. The zero-order valence-electron chi connectivity index (χ0n) is 13.3. The van der Waals surface area contributed by atoms with Crippen molar-refractivity contribution in [2.75, 3.05) is 19.8 Å². The number of carbonyl (C=O) groups excluding carboxylic acids is 1. The fourth-order valence-corrected chi connectivity index (χ4v) is 2.70. The summed E-state index contributed by atoms with van der Waals surface area (Å²) in [7, 11) is 0. The van der Waals surface area contributed by atoms with Gasteiger partial charge in [-0.15, -0.1) is 0 Å². The van der Waals surface area contributed by atoms with Crippen molar-refractivity contribution in [3.8, 4) is 0 Å². The van der Waals surface area contributed by atoms with E-state index < -0.39 is 18.7 Å². The minimum absolute atomic E-state index is 0.0314. The molecule has 2 heterocycles. The number of aromatic nitrogens is 2. The average molecular weight is 375 g/mol. The third kappa shape index (κ3) is 6.75. The van der Waals surface area contributed by atoms with Crippen LogP contribution >= 0.6 is 11.8 Å². The Hall–Kier alpha value is -2.07. The molecule has 0 atom stereocenters. The Morgan fingerprint density at radius 2 is 2.24 bits per heavy atom. The van der Waals surface area contributed by atoms with Gasteiger partial charge in [0, 0.05) is 24.6 Å². The van der Waals surface area contributed by atoms with Crippen LogP contribution in [-0.4, -0.2) is 42.0 Å². The highest BCUT2D eigenvalue weighted by Gasteiger charge is 2.27. The number of pyridine rings is 1. The summed E-state index contributed by atoms with van der Waals surface area (Å²) in [5, 5.41) is 6.87. The van der Waals surface area contributed by atoms with Gasteiger partial charge in [0.25, 0.3) is 5.91 Å². The van der Waals surface area contributed by atoms with Crippen LogP contribution in [0.25, 0.3) is 0 Å². The molecule has 0 saturated heterocycles. The Balaban J connectivity index is 1.85. The van der Waals surface area contributed by atoms with Crippen LogP contribution in [0.15, 0.2) is 33.9 Å². The first-order chi connectivity index (χ1) is 11.8. The van der Waals surface area contributed by atoms with Crippen LogP contribution in [0.5, 0.6) is 0 Å². The number of carbonyl (C=O) groups is 1. The Morgan fingerprint density at radius 1 is 1.44 bits per heavy atom. The van der Waals surface area contributed by atoms with Crippen LogP contribution in [0.1, 0.15) is 21.8 Å². The van der Waals surface area contributed by atoms with Gasteiger partial charge in [0.15, 0.2) is 0 Å². The second kappa shape index (κ2) is 8.86. The molecule has 0 radical (unpaired) electrons. The van der Waals surface area contributed by atoms with Gasteiger partial charge in [-0.2, -0.15) is 13.2 Å². The molecule has 1 N–H and O–H groups in total. The molecular weight excluding hydrogens is 359 g/mol. The van der Waals surface area contributed by atoms with Crippen molar-refractivity contribution in [1.82, 2.24) is 15.5 Å². The molecule has 0 spiro atoms. The highest BCUT2D eigenvalue weighted by atomic mass is 32.2. The normalized spacial score (nSPS) is 11.5. The molecule has 2 rings (SSSR count). The SMILES string of the molecule is Cc1cc(CSc2ncccc2C(=O)NCCOCC(F)(F)F)no1. The molecule has 0 aromatic carbocycles. The monoisotopic (exact) mass is 375 g/mol. The molecule has 0 saturated carbocycles. The van der Waals surface area contributed by atoms with Crippen LogP contribution in [0.4, 0.5) is 13.2 Å². The quantitative estimate of drug-likeness (QED) is 0.565. The topological polar surface area (TPSA) is 77.2 Å². The lowest BCUT2D eigenvalue weighted by molar-refractivity contribution is -0.173. The first-order valence-electron chi connectivity index (χ1n) is 7.28. The summed E-state index contributed by atoms with van der Waals surface area (Å²) in [6.07, 6.45) is -2.82. The van der Waals surface area contributed by atoms with E-state index in [1.807, 2.05) is 0 Å². The maximum Gasteiger partial charge on any atom is 0.411 e. The lowest BCUT2D eigenvalue weighted by atomic mass is 10.2. The fraction of sp³-hybridized carbons (Fsp3) is 0.400. The van der Waals surface area contributed by atoms with Crippen LogP contribution in [0.3, 0.4) is 0 Å². The lowest BCUT2D eigenvalue weighted by Crippen LogP contribution is -2.29. The van der Waals surface area contributed by atoms with Gasteiger partial charge in [-0.05, 0) is 19.1 Å². The Morgan fingerprint density at radius 3 is 2.92 bits per heavy atom. The molecule has 0 bridgehead atoms. The zero-order valence-corrected chi connectivity index (χ0v) is 14.1. The Labute approximate surface area is 146 Å². The number of thioether (sulfide) groups is 1. The number of hydrogen-bond acceptors (Lipinski definition) is 6. The summed E-state index contributed by atoms with van der Waals surface area (Å²) in [6, 6.07) is 4.99. The minimum Gasteiger partial charge on any atom is -0.370 e. The number of nitrogens with one attached hydrogen (secondary N) is 1. The lowest BCUT2D eigenvalue weighted by Gasteiger charge is -2.10. The van der Waals surface area contributed by atoms with Gasteiger partial charge in [-0.1, -0.05) is 16.9 Å². The fourth-order valence-electron chi connectivity index (χ4n) is 1.83. The van der Waals surface area contributed by atoms with E-state index in [1.165, 1.54) is 11.8 Å². The minimum atomic E-state index is -4.38. The molecule has 136 valence electrons. The molecule has 0 fully saturated rings. The summed E-state index contributed by atoms with van der Waals surface area (Å²) in [4.78, 5) is 16.3. The van der Waals surface area contributed by atoms with E-state index in [-0.39, 0.29) is 13.2 Å². The number of nitrogens with zero attached hydrogens (tertiary/aromatic N) is 2. The number of aryl methyl sites for hydroxylation is 1. The van der Waals surface area contributed by atoms with Crippen molar-refractivity contribution in [2.24, 2.45) is 0 Å².